The van der Waals surface area contributed by atoms with Gasteiger partial charge in [0.05, 0.1) is 0 Å². The van der Waals surface area contributed by atoms with Gasteiger partial charge in [-0.1, -0.05) is 18.2 Å². The Kier molecular flexibility index (Phi) is 5.75. The highest BCUT2D eigenvalue weighted by Gasteiger charge is 2.24. The molecule has 1 aromatic rings. The summed E-state index contributed by atoms with van der Waals surface area (Å²) in [5.74, 6) is 0.0729. The first-order valence-electron chi connectivity index (χ1n) is 7.51. The van der Waals surface area contributed by atoms with Crippen molar-refractivity contribution >= 4 is 11.8 Å². The predicted molar refractivity (Wildman–Crippen MR) is 82.0 cm³/mol. The molecule has 0 aliphatic carbocycles. The summed E-state index contributed by atoms with van der Waals surface area (Å²) in [4.78, 5) is 23.8. The van der Waals surface area contributed by atoms with Crippen LogP contribution < -0.4 is 16.0 Å². The van der Waals surface area contributed by atoms with Crippen molar-refractivity contribution in [3.63, 3.8) is 0 Å². The molecule has 1 aliphatic heterocycles. The maximum atomic E-state index is 12.0. The van der Waals surface area contributed by atoms with Gasteiger partial charge in [-0.15, -0.1) is 0 Å². The maximum Gasteiger partial charge on any atom is 0.251 e. The zero-order valence-corrected chi connectivity index (χ0v) is 12.4. The lowest BCUT2D eigenvalue weighted by molar-refractivity contribution is -0.126. The number of piperidine rings is 1. The molecule has 1 aliphatic rings. The summed E-state index contributed by atoms with van der Waals surface area (Å²) in [6.07, 6.45) is 1.76. The Balaban J connectivity index is 1.65. The molecule has 0 spiro atoms. The second-order valence-electron chi connectivity index (χ2n) is 5.49. The second kappa shape index (κ2) is 7.78. The van der Waals surface area contributed by atoms with Gasteiger partial charge in [-0.25, -0.2) is 0 Å². The van der Waals surface area contributed by atoms with Crippen LogP contribution in [0.4, 0.5) is 0 Å². The topological polar surface area (TPSA) is 70.2 Å². The molecule has 1 fully saturated rings. The monoisotopic (exact) mass is 289 g/mol. The maximum absolute atomic E-state index is 12.0. The summed E-state index contributed by atoms with van der Waals surface area (Å²) in [6.45, 7) is 3.90. The third-order valence-corrected chi connectivity index (χ3v) is 3.74. The normalized spacial score (nSPS) is 21.6. The highest BCUT2D eigenvalue weighted by molar-refractivity contribution is 5.94. The van der Waals surface area contributed by atoms with Gasteiger partial charge in [0.2, 0.25) is 5.91 Å². The lowest BCUT2D eigenvalue weighted by Crippen LogP contribution is -2.44. The van der Waals surface area contributed by atoms with Crippen molar-refractivity contribution in [2.45, 2.75) is 25.8 Å². The van der Waals surface area contributed by atoms with Gasteiger partial charge in [-0.3, -0.25) is 9.59 Å². The van der Waals surface area contributed by atoms with Crippen LogP contribution in [0.3, 0.4) is 0 Å². The lowest BCUT2D eigenvalue weighted by Gasteiger charge is -2.27. The van der Waals surface area contributed by atoms with Crippen LogP contribution in [0, 0.1) is 5.92 Å². The van der Waals surface area contributed by atoms with Crippen LogP contribution in [0.5, 0.6) is 0 Å². The smallest absolute Gasteiger partial charge is 0.251 e. The van der Waals surface area contributed by atoms with Gasteiger partial charge in [0.25, 0.3) is 5.91 Å². The van der Waals surface area contributed by atoms with Gasteiger partial charge >= 0.3 is 0 Å². The Hall–Kier alpha value is -1.88. The molecular formula is C16H23N3O2. The Morgan fingerprint density at radius 2 is 1.90 bits per heavy atom. The standard InChI is InChI=1S/C16H23N3O2/c1-12-11-14(7-8-17-12)16(21)19-10-9-18-15(20)13-5-3-2-4-6-13/h2-6,12,14,17H,7-11H2,1H3,(H,18,20)(H,19,21)/t12-,14-/m0/s1. The van der Waals surface area contributed by atoms with E-state index in [0.717, 1.165) is 19.4 Å². The fraction of sp³-hybridized carbons (Fsp3) is 0.500. The molecule has 2 amide bonds. The number of carbonyl (C=O) groups excluding carboxylic acids is 2. The van der Waals surface area contributed by atoms with Gasteiger partial charge in [0.15, 0.2) is 0 Å². The minimum absolute atomic E-state index is 0.0890. The Labute approximate surface area is 125 Å². The van der Waals surface area contributed by atoms with E-state index in [2.05, 4.69) is 22.9 Å². The number of amides is 2. The zero-order chi connectivity index (χ0) is 15.1. The Bertz CT molecular complexity index is 476. The highest BCUT2D eigenvalue weighted by atomic mass is 16.2. The number of benzene rings is 1. The first kappa shape index (κ1) is 15.5. The van der Waals surface area contributed by atoms with Crippen LogP contribution in [-0.2, 0) is 4.79 Å². The molecule has 2 atom stereocenters. The van der Waals surface area contributed by atoms with Crippen molar-refractivity contribution in [1.82, 2.24) is 16.0 Å². The molecular weight excluding hydrogens is 266 g/mol. The van der Waals surface area contributed by atoms with Gasteiger partial charge in [0, 0.05) is 30.6 Å². The van der Waals surface area contributed by atoms with E-state index in [4.69, 9.17) is 0 Å². The fourth-order valence-electron chi connectivity index (χ4n) is 2.57. The van der Waals surface area contributed by atoms with Crippen LogP contribution >= 0.6 is 0 Å². The van der Waals surface area contributed by atoms with Gasteiger partial charge in [-0.2, -0.15) is 0 Å². The molecule has 21 heavy (non-hydrogen) atoms. The summed E-state index contributed by atoms with van der Waals surface area (Å²) in [5, 5.41) is 9.03. The van der Waals surface area contributed by atoms with E-state index in [-0.39, 0.29) is 17.7 Å². The third kappa shape index (κ3) is 4.86. The van der Waals surface area contributed by atoms with Crippen LogP contribution in [0.25, 0.3) is 0 Å². The van der Waals surface area contributed by atoms with Crippen LogP contribution in [-0.4, -0.2) is 37.5 Å². The van der Waals surface area contributed by atoms with Gasteiger partial charge in [-0.05, 0) is 38.4 Å². The number of carbonyl (C=O) groups is 2. The first-order valence-corrected chi connectivity index (χ1v) is 7.51. The number of rotatable bonds is 5. The molecule has 2 rings (SSSR count). The zero-order valence-electron chi connectivity index (χ0n) is 12.4. The molecule has 1 aromatic carbocycles. The summed E-state index contributed by atoms with van der Waals surface area (Å²) in [6, 6.07) is 9.46. The van der Waals surface area contributed by atoms with Crippen molar-refractivity contribution in [2.75, 3.05) is 19.6 Å². The van der Waals surface area contributed by atoms with Gasteiger partial charge in [0.1, 0.15) is 0 Å². The van der Waals surface area contributed by atoms with E-state index in [1.54, 1.807) is 12.1 Å². The molecule has 3 N–H and O–H groups in total. The van der Waals surface area contributed by atoms with Crippen molar-refractivity contribution in [3.05, 3.63) is 35.9 Å². The average Bonchev–Trinajstić information content (AvgIpc) is 2.52. The van der Waals surface area contributed by atoms with E-state index in [1.807, 2.05) is 18.2 Å². The molecule has 1 saturated heterocycles. The third-order valence-electron chi connectivity index (χ3n) is 3.74. The SMILES string of the molecule is C[C@H]1C[C@@H](C(=O)NCCNC(=O)c2ccccc2)CCN1. The minimum Gasteiger partial charge on any atom is -0.354 e. The summed E-state index contributed by atoms with van der Waals surface area (Å²) >= 11 is 0. The van der Waals surface area contributed by atoms with Crippen LogP contribution in [0.2, 0.25) is 0 Å². The Morgan fingerprint density at radius 1 is 1.19 bits per heavy atom. The molecule has 0 unspecified atom stereocenters. The van der Waals surface area contributed by atoms with Crippen molar-refractivity contribution < 1.29 is 9.59 Å². The second-order valence-corrected chi connectivity index (χ2v) is 5.49. The molecule has 1 heterocycles. The average molecular weight is 289 g/mol. The molecule has 5 nitrogen and oxygen atoms in total. The molecule has 5 heteroatoms. The molecule has 0 saturated carbocycles. The molecule has 0 bridgehead atoms. The Morgan fingerprint density at radius 3 is 2.62 bits per heavy atom. The van der Waals surface area contributed by atoms with Gasteiger partial charge < -0.3 is 16.0 Å². The summed E-state index contributed by atoms with van der Waals surface area (Å²) < 4.78 is 0. The van der Waals surface area contributed by atoms with Crippen molar-refractivity contribution in [1.29, 1.82) is 0 Å². The van der Waals surface area contributed by atoms with E-state index in [1.165, 1.54) is 0 Å². The van der Waals surface area contributed by atoms with E-state index in [9.17, 15) is 9.59 Å². The van der Waals surface area contributed by atoms with E-state index < -0.39 is 0 Å². The largest absolute Gasteiger partial charge is 0.354 e. The first-order chi connectivity index (χ1) is 10.2. The minimum atomic E-state index is -0.111. The predicted octanol–water partition coefficient (Wildman–Crippen LogP) is 0.921. The van der Waals surface area contributed by atoms with Crippen molar-refractivity contribution in [2.24, 2.45) is 5.92 Å². The number of hydrogen-bond acceptors (Lipinski definition) is 3. The summed E-state index contributed by atoms with van der Waals surface area (Å²) in [5.41, 5.74) is 0.635. The van der Waals surface area contributed by atoms with Crippen molar-refractivity contribution in [3.8, 4) is 0 Å². The molecule has 0 aromatic heterocycles. The highest BCUT2D eigenvalue weighted by Crippen LogP contribution is 2.15. The lowest BCUT2D eigenvalue weighted by atomic mass is 9.92. The van der Waals surface area contributed by atoms with E-state index >= 15 is 0 Å². The van der Waals surface area contributed by atoms with Crippen LogP contribution in [0.1, 0.15) is 30.1 Å². The number of hydrogen-bond donors (Lipinski definition) is 3. The number of nitrogens with one attached hydrogen (secondary N) is 3. The quantitative estimate of drug-likeness (QED) is 0.706. The van der Waals surface area contributed by atoms with Crippen LogP contribution in [0.15, 0.2) is 30.3 Å². The summed E-state index contributed by atoms with van der Waals surface area (Å²) in [7, 11) is 0. The van der Waals surface area contributed by atoms with E-state index in [0.29, 0.717) is 24.7 Å². The molecule has 114 valence electrons. The fourth-order valence-corrected chi connectivity index (χ4v) is 2.57. The molecule has 0 radical (unpaired) electrons.